The predicted octanol–water partition coefficient (Wildman–Crippen LogP) is 3.67. The van der Waals surface area contributed by atoms with Crippen LogP contribution in [0.1, 0.15) is 55.7 Å². The smallest absolute Gasteiger partial charge is 0.191 e. The molecule has 0 amide bonds. The minimum atomic E-state index is 0. The van der Waals surface area contributed by atoms with Crippen LogP contribution in [-0.2, 0) is 25.9 Å². The summed E-state index contributed by atoms with van der Waals surface area (Å²) in [7, 11) is 1.79. The van der Waals surface area contributed by atoms with Gasteiger partial charge in [-0.3, -0.25) is 4.99 Å². The molecule has 0 saturated carbocycles. The maximum Gasteiger partial charge on any atom is 0.191 e. The van der Waals surface area contributed by atoms with E-state index in [0.29, 0.717) is 13.1 Å². The normalized spacial score (nSPS) is 14.4. The Bertz CT molecular complexity index is 764. The molecule has 2 aromatic heterocycles. The number of halogens is 1. The van der Waals surface area contributed by atoms with Gasteiger partial charge in [0.2, 0.25) is 0 Å². The third-order valence-electron chi connectivity index (χ3n) is 5.21. The van der Waals surface area contributed by atoms with Gasteiger partial charge in [0.05, 0.1) is 5.69 Å². The van der Waals surface area contributed by atoms with E-state index >= 15 is 0 Å². The summed E-state index contributed by atoms with van der Waals surface area (Å²) in [4.78, 5) is 11.3. The number of hydrogen-bond donors (Lipinski definition) is 2. The third-order valence-corrected chi connectivity index (χ3v) is 5.21. The van der Waals surface area contributed by atoms with Crippen LogP contribution in [0.25, 0.3) is 0 Å². The molecule has 2 N–H and O–H groups in total. The van der Waals surface area contributed by atoms with E-state index in [1.54, 1.807) is 7.05 Å². The highest BCUT2D eigenvalue weighted by molar-refractivity contribution is 14.0. The van der Waals surface area contributed by atoms with Crippen molar-refractivity contribution in [1.82, 2.24) is 20.8 Å². The minimum Gasteiger partial charge on any atom is -0.361 e. The van der Waals surface area contributed by atoms with Crippen LogP contribution in [0.3, 0.4) is 0 Å². The molecule has 0 aliphatic carbocycles. The Morgan fingerprint density at radius 3 is 2.59 bits per heavy atom. The van der Waals surface area contributed by atoms with Gasteiger partial charge in [-0.25, -0.2) is 4.98 Å². The summed E-state index contributed by atoms with van der Waals surface area (Å²) in [5.74, 6) is 2.79. The molecular weight excluding hydrogens is 479 g/mol. The summed E-state index contributed by atoms with van der Waals surface area (Å²) < 4.78 is 5.44. The Labute approximate surface area is 190 Å². The molecule has 0 atom stereocenters. The number of aryl methyl sites for hydroxylation is 2. The lowest BCUT2D eigenvalue weighted by Gasteiger charge is -2.28. The van der Waals surface area contributed by atoms with Gasteiger partial charge in [-0.05, 0) is 43.4 Å². The van der Waals surface area contributed by atoms with Crippen LogP contribution in [0.15, 0.2) is 27.8 Å². The summed E-state index contributed by atoms with van der Waals surface area (Å²) >= 11 is 0. The fraction of sp³-hybridized carbons (Fsp3) is 0.571. The molecule has 1 aliphatic heterocycles. The number of aliphatic imine (C=N–C) groups is 1. The summed E-state index contributed by atoms with van der Waals surface area (Å²) in [5, 5.41) is 10.9. The Morgan fingerprint density at radius 1 is 1.14 bits per heavy atom. The second kappa shape index (κ2) is 12.0. The lowest BCUT2D eigenvalue weighted by atomic mass is 10.1. The molecule has 3 heterocycles. The molecule has 3 rings (SSSR count). The van der Waals surface area contributed by atoms with Crippen LogP contribution in [-0.4, -0.2) is 36.2 Å². The maximum atomic E-state index is 5.44. The first-order chi connectivity index (χ1) is 13.7. The van der Waals surface area contributed by atoms with Gasteiger partial charge in [0.15, 0.2) is 5.96 Å². The zero-order valence-corrected chi connectivity index (χ0v) is 20.0. The third kappa shape index (κ3) is 6.32. The first-order valence-electron chi connectivity index (χ1n) is 10.4. The highest BCUT2D eigenvalue weighted by atomic mass is 127. The molecule has 2 aromatic rings. The van der Waals surface area contributed by atoms with E-state index in [-0.39, 0.29) is 24.0 Å². The Kier molecular flexibility index (Phi) is 9.69. The highest BCUT2D eigenvalue weighted by Gasteiger charge is 2.14. The average Bonchev–Trinajstić information content (AvgIpc) is 3.16. The zero-order valence-electron chi connectivity index (χ0n) is 17.7. The van der Waals surface area contributed by atoms with E-state index in [2.05, 4.69) is 56.6 Å². The zero-order chi connectivity index (χ0) is 19.8. The number of nitrogens with zero attached hydrogens (tertiary/aromatic N) is 4. The van der Waals surface area contributed by atoms with E-state index in [0.717, 1.165) is 54.7 Å². The van der Waals surface area contributed by atoms with E-state index in [4.69, 9.17) is 4.52 Å². The Balaban J connectivity index is 0.00000300. The van der Waals surface area contributed by atoms with Crippen molar-refractivity contribution in [2.45, 2.75) is 59.0 Å². The number of guanidine groups is 1. The van der Waals surface area contributed by atoms with Crippen LogP contribution < -0.4 is 15.5 Å². The lowest BCUT2D eigenvalue weighted by molar-refractivity contribution is 0.380. The lowest BCUT2D eigenvalue weighted by Crippen LogP contribution is -2.36. The SMILES string of the molecule is CCc1noc(CC)c1CNC(=NC)NCc1ccnc(N2CCCCC2)c1.I. The van der Waals surface area contributed by atoms with Gasteiger partial charge in [-0.1, -0.05) is 19.0 Å². The molecule has 0 spiro atoms. The molecule has 1 saturated heterocycles. The molecule has 7 nitrogen and oxygen atoms in total. The standard InChI is InChI=1S/C21H32N6O.HI/c1-4-18-17(19(5-2)28-26-18)15-25-21(22-3)24-14-16-9-10-23-20(13-16)27-11-7-6-8-12-27;/h9-10,13H,4-8,11-12,14-15H2,1-3H3,(H2,22,24,25);1H. The molecule has 1 aliphatic rings. The van der Waals surface area contributed by atoms with Crippen molar-refractivity contribution in [1.29, 1.82) is 0 Å². The van der Waals surface area contributed by atoms with E-state index in [1.807, 2.05) is 6.20 Å². The summed E-state index contributed by atoms with van der Waals surface area (Å²) in [6.45, 7) is 7.74. The van der Waals surface area contributed by atoms with Gasteiger partial charge >= 0.3 is 0 Å². The molecule has 0 unspecified atom stereocenters. The van der Waals surface area contributed by atoms with Crippen molar-refractivity contribution < 1.29 is 4.52 Å². The first kappa shape index (κ1) is 23.4. The number of aromatic nitrogens is 2. The molecular formula is C21H33IN6O. The average molecular weight is 512 g/mol. The molecule has 29 heavy (non-hydrogen) atoms. The van der Waals surface area contributed by atoms with Crippen molar-refractivity contribution in [3.63, 3.8) is 0 Å². The highest BCUT2D eigenvalue weighted by Crippen LogP contribution is 2.18. The summed E-state index contributed by atoms with van der Waals surface area (Å²) in [6.07, 6.45) is 7.43. The van der Waals surface area contributed by atoms with Crippen LogP contribution in [0.5, 0.6) is 0 Å². The number of pyridine rings is 1. The number of piperidine rings is 1. The van der Waals surface area contributed by atoms with Crippen LogP contribution in [0.2, 0.25) is 0 Å². The molecule has 1 fully saturated rings. The Hall–Kier alpha value is -1.84. The molecule has 0 radical (unpaired) electrons. The Morgan fingerprint density at radius 2 is 1.90 bits per heavy atom. The summed E-state index contributed by atoms with van der Waals surface area (Å²) in [6, 6.07) is 4.23. The van der Waals surface area contributed by atoms with Crippen molar-refractivity contribution in [3.05, 3.63) is 40.9 Å². The number of nitrogens with one attached hydrogen (secondary N) is 2. The van der Waals surface area contributed by atoms with E-state index < -0.39 is 0 Å². The largest absolute Gasteiger partial charge is 0.361 e. The maximum absolute atomic E-state index is 5.44. The summed E-state index contributed by atoms with van der Waals surface area (Å²) in [5.41, 5.74) is 3.36. The first-order valence-corrected chi connectivity index (χ1v) is 10.4. The molecule has 160 valence electrons. The van der Waals surface area contributed by atoms with E-state index in [1.165, 1.54) is 24.8 Å². The molecule has 8 heteroatoms. The fourth-order valence-corrected chi connectivity index (χ4v) is 3.58. The monoisotopic (exact) mass is 512 g/mol. The van der Waals surface area contributed by atoms with E-state index in [9.17, 15) is 0 Å². The number of hydrogen-bond acceptors (Lipinski definition) is 5. The quantitative estimate of drug-likeness (QED) is 0.335. The topological polar surface area (TPSA) is 78.6 Å². The second-order valence-electron chi connectivity index (χ2n) is 7.09. The molecule has 0 bridgehead atoms. The van der Waals surface area contributed by atoms with Gasteiger partial charge in [-0.2, -0.15) is 0 Å². The van der Waals surface area contributed by atoms with Gasteiger partial charge < -0.3 is 20.1 Å². The molecule has 0 aromatic carbocycles. The van der Waals surface area contributed by atoms with Crippen molar-refractivity contribution in [3.8, 4) is 0 Å². The van der Waals surface area contributed by atoms with Gasteiger partial charge in [0.25, 0.3) is 0 Å². The van der Waals surface area contributed by atoms with Crippen LogP contribution in [0, 0.1) is 0 Å². The van der Waals surface area contributed by atoms with Gasteiger partial charge in [0, 0.05) is 51.4 Å². The van der Waals surface area contributed by atoms with Crippen molar-refractivity contribution >= 4 is 35.8 Å². The van der Waals surface area contributed by atoms with Crippen molar-refractivity contribution in [2.24, 2.45) is 4.99 Å². The fourth-order valence-electron chi connectivity index (χ4n) is 3.58. The van der Waals surface area contributed by atoms with Gasteiger partial charge in [-0.15, -0.1) is 24.0 Å². The number of anilines is 1. The second-order valence-corrected chi connectivity index (χ2v) is 7.09. The predicted molar refractivity (Wildman–Crippen MR) is 128 cm³/mol. The van der Waals surface area contributed by atoms with Crippen molar-refractivity contribution in [2.75, 3.05) is 25.0 Å². The van der Waals surface area contributed by atoms with Crippen LogP contribution in [0.4, 0.5) is 5.82 Å². The van der Waals surface area contributed by atoms with Gasteiger partial charge in [0.1, 0.15) is 11.6 Å². The van der Waals surface area contributed by atoms with Crippen LogP contribution >= 0.6 is 24.0 Å². The number of rotatable bonds is 7. The minimum absolute atomic E-state index is 0.